The highest BCUT2D eigenvalue weighted by Gasteiger charge is 2.12. The van der Waals surface area contributed by atoms with Gasteiger partial charge in [0.2, 0.25) is 0 Å². The smallest absolute Gasteiger partial charge is 0.0178 e. The predicted octanol–water partition coefficient (Wildman–Crippen LogP) is 3.32. The third kappa shape index (κ3) is 1.77. The number of aromatic nitrogens is 1. The molecular formula is C13H21N. The lowest BCUT2D eigenvalue weighted by atomic mass is 10.0. The van der Waals surface area contributed by atoms with E-state index in [0.29, 0.717) is 0 Å². The van der Waals surface area contributed by atoms with Crippen molar-refractivity contribution in [3.8, 4) is 0 Å². The van der Waals surface area contributed by atoms with Crippen molar-refractivity contribution in [2.24, 2.45) is 7.05 Å². The average molecular weight is 191 g/mol. The molecule has 1 aromatic rings. The van der Waals surface area contributed by atoms with Gasteiger partial charge in [-0.2, -0.15) is 0 Å². The zero-order valence-corrected chi connectivity index (χ0v) is 9.85. The number of allylic oxidation sites excluding steroid dienone is 1. The van der Waals surface area contributed by atoms with Crippen LogP contribution < -0.4 is 0 Å². The van der Waals surface area contributed by atoms with E-state index in [0.717, 1.165) is 19.3 Å². The Morgan fingerprint density at radius 1 is 1.21 bits per heavy atom. The van der Waals surface area contributed by atoms with Crippen molar-refractivity contribution in [3.05, 3.63) is 35.2 Å². The molecule has 78 valence electrons. The molecule has 1 nitrogen and oxygen atoms in total. The second-order valence-electron chi connectivity index (χ2n) is 3.87. The quantitative estimate of drug-likeness (QED) is 0.643. The molecule has 1 heteroatoms. The first-order valence-electron chi connectivity index (χ1n) is 5.38. The van der Waals surface area contributed by atoms with Gasteiger partial charge in [-0.1, -0.05) is 13.0 Å². The van der Waals surface area contributed by atoms with Crippen molar-refractivity contribution in [3.63, 3.8) is 0 Å². The van der Waals surface area contributed by atoms with Gasteiger partial charge in [0, 0.05) is 18.4 Å². The molecule has 0 atom stereocenters. The molecule has 0 aromatic carbocycles. The normalized spacial score (nSPS) is 10.6. The molecule has 1 rings (SSSR count). The highest BCUT2D eigenvalue weighted by atomic mass is 15.0. The third-order valence-electron chi connectivity index (χ3n) is 3.20. The molecule has 0 saturated heterocycles. The van der Waals surface area contributed by atoms with Crippen molar-refractivity contribution in [1.82, 2.24) is 4.57 Å². The molecule has 0 aliphatic rings. The standard InChI is InChI=1S/C13H21N/c1-6-8-9-13-11(4)14(5)10(3)12(13)7-2/h6H,1,7-9H2,2-5H3. The van der Waals surface area contributed by atoms with Crippen molar-refractivity contribution in [1.29, 1.82) is 0 Å². The summed E-state index contributed by atoms with van der Waals surface area (Å²) in [5.74, 6) is 0. The third-order valence-corrected chi connectivity index (χ3v) is 3.20. The summed E-state index contributed by atoms with van der Waals surface area (Å²) in [6.45, 7) is 10.4. The molecular weight excluding hydrogens is 170 g/mol. The lowest BCUT2D eigenvalue weighted by Crippen LogP contribution is -1.94. The molecule has 0 saturated carbocycles. The van der Waals surface area contributed by atoms with Crippen LogP contribution >= 0.6 is 0 Å². The summed E-state index contributed by atoms with van der Waals surface area (Å²) in [4.78, 5) is 0. The van der Waals surface area contributed by atoms with E-state index in [1.807, 2.05) is 6.08 Å². The first-order valence-corrected chi connectivity index (χ1v) is 5.38. The van der Waals surface area contributed by atoms with Gasteiger partial charge in [0.1, 0.15) is 0 Å². The van der Waals surface area contributed by atoms with Crippen molar-refractivity contribution >= 4 is 0 Å². The Morgan fingerprint density at radius 2 is 1.79 bits per heavy atom. The fraction of sp³-hybridized carbons (Fsp3) is 0.538. The largest absolute Gasteiger partial charge is 0.352 e. The molecule has 1 aromatic heterocycles. The monoisotopic (exact) mass is 191 g/mol. The second-order valence-corrected chi connectivity index (χ2v) is 3.87. The number of rotatable bonds is 4. The highest BCUT2D eigenvalue weighted by Crippen LogP contribution is 2.23. The Labute approximate surface area is 87.4 Å². The zero-order chi connectivity index (χ0) is 10.7. The van der Waals surface area contributed by atoms with Crippen LogP contribution in [0.25, 0.3) is 0 Å². The van der Waals surface area contributed by atoms with E-state index in [2.05, 4.69) is 39.0 Å². The number of nitrogens with zero attached hydrogens (tertiary/aromatic N) is 1. The minimum Gasteiger partial charge on any atom is -0.352 e. The Balaban J connectivity index is 3.11. The van der Waals surface area contributed by atoms with Crippen molar-refractivity contribution in [2.45, 2.75) is 40.0 Å². The van der Waals surface area contributed by atoms with E-state index >= 15 is 0 Å². The van der Waals surface area contributed by atoms with Gasteiger partial charge in [-0.05, 0) is 44.2 Å². The lowest BCUT2D eigenvalue weighted by Gasteiger charge is -2.01. The van der Waals surface area contributed by atoms with Gasteiger partial charge in [0.05, 0.1) is 0 Å². The van der Waals surface area contributed by atoms with E-state index in [9.17, 15) is 0 Å². The van der Waals surface area contributed by atoms with Crippen LogP contribution in [0.5, 0.6) is 0 Å². The SMILES string of the molecule is C=CCCc1c(CC)c(C)n(C)c1C. The fourth-order valence-corrected chi connectivity index (χ4v) is 2.14. The number of hydrogen-bond donors (Lipinski definition) is 0. The zero-order valence-electron chi connectivity index (χ0n) is 9.85. The summed E-state index contributed by atoms with van der Waals surface area (Å²) in [5, 5.41) is 0. The lowest BCUT2D eigenvalue weighted by molar-refractivity contribution is 0.829. The highest BCUT2D eigenvalue weighted by molar-refractivity contribution is 5.37. The van der Waals surface area contributed by atoms with Crippen LogP contribution in [0.4, 0.5) is 0 Å². The molecule has 0 amide bonds. The summed E-state index contributed by atoms with van der Waals surface area (Å²) in [7, 11) is 2.15. The van der Waals surface area contributed by atoms with E-state index in [-0.39, 0.29) is 0 Å². The van der Waals surface area contributed by atoms with E-state index in [1.165, 1.54) is 22.5 Å². The van der Waals surface area contributed by atoms with Crippen LogP contribution in [-0.4, -0.2) is 4.57 Å². The molecule has 14 heavy (non-hydrogen) atoms. The van der Waals surface area contributed by atoms with Crippen LogP contribution in [-0.2, 0) is 19.9 Å². The van der Waals surface area contributed by atoms with Crippen LogP contribution in [0.15, 0.2) is 12.7 Å². The maximum absolute atomic E-state index is 3.78. The van der Waals surface area contributed by atoms with Gasteiger partial charge >= 0.3 is 0 Å². The Kier molecular flexibility index (Phi) is 3.56. The van der Waals surface area contributed by atoms with Crippen LogP contribution in [0, 0.1) is 13.8 Å². The molecule has 0 bridgehead atoms. The fourth-order valence-electron chi connectivity index (χ4n) is 2.14. The summed E-state index contributed by atoms with van der Waals surface area (Å²) in [5.41, 5.74) is 5.91. The van der Waals surface area contributed by atoms with Gasteiger partial charge < -0.3 is 4.57 Å². The van der Waals surface area contributed by atoms with Crippen LogP contribution in [0.2, 0.25) is 0 Å². The van der Waals surface area contributed by atoms with E-state index in [4.69, 9.17) is 0 Å². The Hall–Kier alpha value is -0.980. The average Bonchev–Trinajstić information content (AvgIpc) is 2.39. The Bertz CT molecular complexity index is 331. The molecule has 1 heterocycles. The van der Waals surface area contributed by atoms with Crippen LogP contribution in [0.3, 0.4) is 0 Å². The predicted molar refractivity (Wildman–Crippen MR) is 62.8 cm³/mol. The molecule has 0 unspecified atom stereocenters. The maximum Gasteiger partial charge on any atom is 0.0178 e. The summed E-state index contributed by atoms with van der Waals surface area (Å²) in [6, 6.07) is 0. The summed E-state index contributed by atoms with van der Waals surface area (Å²) in [6.07, 6.45) is 5.36. The molecule has 0 N–H and O–H groups in total. The van der Waals surface area contributed by atoms with Gasteiger partial charge in [0.15, 0.2) is 0 Å². The second kappa shape index (κ2) is 4.50. The minimum atomic E-state index is 1.08. The summed E-state index contributed by atoms with van der Waals surface area (Å²) >= 11 is 0. The number of hydrogen-bond acceptors (Lipinski definition) is 0. The van der Waals surface area contributed by atoms with E-state index in [1.54, 1.807) is 0 Å². The van der Waals surface area contributed by atoms with Gasteiger partial charge in [-0.25, -0.2) is 0 Å². The molecule has 0 radical (unpaired) electrons. The topological polar surface area (TPSA) is 4.93 Å². The van der Waals surface area contributed by atoms with Crippen LogP contribution in [0.1, 0.15) is 35.9 Å². The first-order chi connectivity index (χ1) is 6.63. The van der Waals surface area contributed by atoms with Crippen molar-refractivity contribution < 1.29 is 0 Å². The van der Waals surface area contributed by atoms with E-state index < -0.39 is 0 Å². The molecule has 0 aliphatic carbocycles. The first kappa shape index (κ1) is 11.1. The van der Waals surface area contributed by atoms with Crippen molar-refractivity contribution in [2.75, 3.05) is 0 Å². The summed E-state index contributed by atoms with van der Waals surface area (Å²) < 4.78 is 2.30. The molecule has 0 fully saturated rings. The van der Waals surface area contributed by atoms with Gasteiger partial charge in [0.25, 0.3) is 0 Å². The maximum atomic E-state index is 3.78. The molecule has 0 spiro atoms. The van der Waals surface area contributed by atoms with Gasteiger partial charge in [-0.3, -0.25) is 0 Å². The Morgan fingerprint density at radius 3 is 2.29 bits per heavy atom. The minimum absolute atomic E-state index is 1.08. The van der Waals surface area contributed by atoms with Gasteiger partial charge in [-0.15, -0.1) is 6.58 Å². The molecule has 0 aliphatic heterocycles.